The third-order valence-electron chi connectivity index (χ3n) is 13.1. The number of halogens is 1. The summed E-state index contributed by atoms with van der Waals surface area (Å²) in [6, 6.07) is 15.1. The van der Waals surface area contributed by atoms with Crippen molar-refractivity contribution in [2.45, 2.75) is 71.6 Å². The summed E-state index contributed by atoms with van der Waals surface area (Å²) in [5.74, 6) is -0.162. The van der Waals surface area contributed by atoms with Crippen LogP contribution in [-0.4, -0.2) is 108 Å². The minimum absolute atomic E-state index is 0.0874. The molecule has 2 N–H and O–H groups in total. The summed E-state index contributed by atoms with van der Waals surface area (Å²) in [4.78, 5) is 76.7. The fraction of sp³-hybridized carbons (Fsp3) is 0.477. The van der Waals surface area contributed by atoms with Crippen LogP contribution in [0.5, 0.6) is 5.75 Å². The normalized spacial score (nSPS) is 24.3. The van der Waals surface area contributed by atoms with E-state index in [0.29, 0.717) is 33.4 Å². The Labute approximate surface area is 348 Å². The van der Waals surface area contributed by atoms with Crippen LogP contribution in [0.1, 0.15) is 90.0 Å². The van der Waals surface area contributed by atoms with Gasteiger partial charge < -0.3 is 19.9 Å². The average molecular weight is 821 g/mol. The number of ether oxygens (including phenoxy) is 1. The Morgan fingerprint density at radius 3 is 2.25 bits per heavy atom. The lowest BCUT2D eigenvalue weighted by Gasteiger charge is -2.63. The van der Waals surface area contributed by atoms with Crippen LogP contribution in [-0.2, 0) is 9.59 Å². The Balaban J connectivity index is 0.789. The lowest BCUT2D eigenvalue weighted by molar-refractivity contribution is -0.164. The molecule has 5 amide bonds. The van der Waals surface area contributed by atoms with Gasteiger partial charge in [0, 0.05) is 87.1 Å². The number of nitriles is 1. The van der Waals surface area contributed by atoms with Crippen LogP contribution in [0.3, 0.4) is 0 Å². The molecule has 0 spiro atoms. The first-order valence-electron chi connectivity index (χ1n) is 20.4. The van der Waals surface area contributed by atoms with Gasteiger partial charge in [0.2, 0.25) is 11.8 Å². The molecule has 14 nitrogen and oxygen atoms in total. The standard InChI is InChI=1S/C44H49ClN8O6/c1-43(2)41(44(3,4)42(43)59-30-8-5-27(23-46)33(45)22-30)49-37(55)28-6-11-35(47-24-28)52-15-13-26(14-16-52)25-50-17-19-51(20-18-50)29-7-9-31-32(21-29)40(58)53(39(31)57)34-10-12-36(54)48-38(34)56/h5-9,11,21-22,24,26,34,41-42H,10,12-20,25H2,1-4H3,(H,49,55)(H,48,54,56)/t34?,41-,42-. The maximum Gasteiger partial charge on any atom is 0.262 e. The van der Waals surface area contributed by atoms with Crippen LogP contribution in [0, 0.1) is 28.1 Å². The number of anilines is 2. The van der Waals surface area contributed by atoms with Crippen molar-refractivity contribution in [1.82, 2.24) is 25.4 Å². The lowest BCUT2D eigenvalue weighted by Crippen LogP contribution is -2.74. The predicted octanol–water partition coefficient (Wildman–Crippen LogP) is 4.66. The number of aromatic nitrogens is 1. The fourth-order valence-corrected chi connectivity index (χ4v) is 10.3. The molecule has 1 atom stereocenters. The summed E-state index contributed by atoms with van der Waals surface area (Å²) in [7, 11) is 0. The van der Waals surface area contributed by atoms with Gasteiger partial charge in [-0.25, -0.2) is 4.98 Å². The first-order valence-corrected chi connectivity index (χ1v) is 20.7. The molecule has 5 aliphatic rings. The second kappa shape index (κ2) is 15.6. The van der Waals surface area contributed by atoms with Gasteiger partial charge in [0.05, 0.1) is 27.3 Å². The minimum atomic E-state index is -0.978. The summed E-state index contributed by atoms with van der Waals surface area (Å²) in [6.07, 6.45) is 3.76. The Bertz CT molecular complexity index is 2220. The number of fused-ring (bicyclic) bond motifs is 1. The van der Waals surface area contributed by atoms with Crippen molar-refractivity contribution < 1.29 is 28.7 Å². The number of carbonyl (C=O) groups excluding carboxylic acids is 5. The summed E-state index contributed by atoms with van der Waals surface area (Å²) >= 11 is 6.25. The zero-order valence-electron chi connectivity index (χ0n) is 33.8. The Morgan fingerprint density at radius 1 is 0.898 bits per heavy atom. The number of piperazine rings is 1. The molecule has 0 bridgehead atoms. The highest BCUT2D eigenvalue weighted by Gasteiger charge is 2.64. The van der Waals surface area contributed by atoms with Crippen LogP contribution in [0.15, 0.2) is 54.7 Å². The number of hydrogen-bond acceptors (Lipinski definition) is 11. The molecule has 2 aromatic carbocycles. The number of pyridine rings is 1. The Hall–Kier alpha value is -5.52. The summed E-state index contributed by atoms with van der Waals surface area (Å²) in [6.45, 7) is 14.4. The van der Waals surface area contributed by atoms with Crippen molar-refractivity contribution in [3.63, 3.8) is 0 Å². The van der Waals surface area contributed by atoms with Crippen LogP contribution < -0.4 is 25.2 Å². The van der Waals surface area contributed by atoms with Crippen LogP contribution in [0.4, 0.5) is 11.5 Å². The number of nitrogens with zero attached hydrogens (tertiary/aromatic N) is 6. The largest absolute Gasteiger partial charge is 0.489 e. The van der Waals surface area contributed by atoms with Crippen LogP contribution in [0.25, 0.3) is 0 Å². The van der Waals surface area contributed by atoms with Crippen molar-refractivity contribution in [3.05, 3.63) is 82.0 Å². The SMILES string of the molecule is CC1(C)[C@H](NC(=O)c2ccc(N3CCC(CN4CCN(c5ccc6c(c5)C(=O)N(C5CCC(=O)NC5=O)C6=O)CC4)CC3)nc2)C(C)(C)[C@H]1Oc1ccc(C#N)c(Cl)c1. The van der Waals surface area contributed by atoms with Gasteiger partial charge in [0.15, 0.2) is 0 Å². The van der Waals surface area contributed by atoms with Gasteiger partial charge in [-0.3, -0.25) is 39.1 Å². The van der Waals surface area contributed by atoms with Crippen molar-refractivity contribution >= 4 is 52.6 Å². The highest BCUT2D eigenvalue weighted by Crippen LogP contribution is 2.55. The molecule has 4 fully saturated rings. The average Bonchev–Trinajstić information content (AvgIpc) is 3.47. The van der Waals surface area contributed by atoms with Gasteiger partial charge in [0.25, 0.3) is 17.7 Å². The maximum absolute atomic E-state index is 13.5. The minimum Gasteiger partial charge on any atom is -0.489 e. The molecule has 0 radical (unpaired) electrons. The van der Waals surface area contributed by atoms with E-state index in [1.807, 2.05) is 18.2 Å². The molecule has 4 aliphatic heterocycles. The molecule has 59 heavy (non-hydrogen) atoms. The van der Waals surface area contributed by atoms with E-state index in [9.17, 15) is 29.2 Å². The number of imide groups is 2. The monoisotopic (exact) mass is 820 g/mol. The molecule has 1 aliphatic carbocycles. The van der Waals surface area contributed by atoms with Gasteiger partial charge in [-0.05, 0) is 67.6 Å². The second-order valence-corrected chi connectivity index (χ2v) is 18.0. The van der Waals surface area contributed by atoms with E-state index in [1.165, 1.54) is 0 Å². The number of benzene rings is 2. The molecular weight excluding hydrogens is 772 g/mol. The van der Waals surface area contributed by atoms with Crippen LogP contribution >= 0.6 is 11.6 Å². The maximum atomic E-state index is 13.5. The number of hydrogen-bond donors (Lipinski definition) is 2. The van der Waals surface area contributed by atoms with Gasteiger partial charge in [-0.2, -0.15) is 5.26 Å². The summed E-state index contributed by atoms with van der Waals surface area (Å²) in [5.41, 5.74) is 1.62. The molecule has 3 saturated heterocycles. The van der Waals surface area contributed by atoms with E-state index < -0.39 is 29.7 Å². The van der Waals surface area contributed by atoms with E-state index in [-0.39, 0.29) is 47.3 Å². The van der Waals surface area contributed by atoms with E-state index in [1.54, 1.807) is 36.5 Å². The summed E-state index contributed by atoms with van der Waals surface area (Å²) < 4.78 is 6.37. The molecular formula is C44H49ClN8O6. The number of piperidine rings is 2. The molecule has 8 rings (SSSR count). The van der Waals surface area contributed by atoms with E-state index >= 15 is 0 Å². The first-order chi connectivity index (χ1) is 28.1. The quantitative estimate of drug-likeness (QED) is 0.288. The smallest absolute Gasteiger partial charge is 0.262 e. The molecule has 1 unspecified atom stereocenters. The highest BCUT2D eigenvalue weighted by molar-refractivity contribution is 6.31. The first kappa shape index (κ1) is 40.3. The van der Waals surface area contributed by atoms with Gasteiger partial charge >= 0.3 is 0 Å². The predicted molar refractivity (Wildman–Crippen MR) is 220 cm³/mol. The van der Waals surface area contributed by atoms with Crippen LogP contribution in [0.2, 0.25) is 5.02 Å². The zero-order chi connectivity index (χ0) is 41.8. The number of nitrogens with one attached hydrogen (secondary N) is 2. The fourth-order valence-electron chi connectivity index (χ4n) is 10.1. The van der Waals surface area contributed by atoms with Crippen molar-refractivity contribution in [3.8, 4) is 11.8 Å². The Morgan fingerprint density at radius 2 is 1.61 bits per heavy atom. The van der Waals surface area contributed by atoms with E-state index in [2.05, 4.69) is 59.1 Å². The molecule has 1 saturated carbocycles. The topological polar surface area (TPSA) is 168 Å². The van der Waals surface area contributed by atoms with Gasteiger partial charge in [0.1, 0.15) is 29.8 Å². The van der Waals surface area contributed by atoms with Gasteiger partial charge in [-0.15, -0.1) is 0 Å². The van der Waals surface area contributed by atoms with Crippen molar-refractivity contribution in [2.75, 3.05) is 55.6 Å². The van der Waals surface area contributed by atoms with Gasteiger partial charge in [-0.1, -0.05) is 39.3 Å². The summed E-state index contributed by atoms with van der Waals surface area (Å²) in [5, 5.41) is 15.0. The van der Waals surface area contributed by atoms with Crippen molar-refractivity contribution in [1.29, 1.82) is 5.26 Å². The number of carbonyl (C=O) groups is 5. The Kier molecular flexibility index (Phi) is 10.6. The zero-order valence-corrected chi connectivity index (χ0v) is 34.6. The van der Waals surface area contributed by atoms with E-state index in [4.69, 9.17) is 21.3 Å². The van der Waals surface area contributed by atoms with E-state index in [0.717, 1.165) is 75.1 Å². The lowest BCUT2D eigenvalue weighted by atomic mass is 9.49. The number of rotatable bonds is 9. The third kappa shape index (κ3) is 7.51. The molecule has 3 aromatic rings. The molecule has 15 heteroatoms. The second-order valence-electron chi connectivity index (χ2n) is 17.6. The molecule has 308 valence electrons. The third-order valence-corrected chi connectivity index (χ3v) is 13.4. The molecule has 1 aromatic heterocycles. The highest BCUT2D eigenvalue weighted by atomic mass is 35.5. The van der Waals surface area contributed by atoms with Crippen molar-refractivity contribution in [2.24, 2.45) is 16.7 Å². The molecule has 5 heterocycles. The number of amides is 5.